The summed E-state index contributed by atoms with van der Waals surface area (Å²) in [5.41, 5.74) is 5.70. The summed E-state index contributed by atoms with van der Waals surface area (Å²) in [6.45, 7) is 9.97. The Morgan fingerprint density at radius 2 is 1.28 bits per heavy atom. The third-order valence-electron chi connectivity index (χ3n) is 15.6. The average Bonchev–Trinajstić information content (AvgIpc) is 3.39. The Balaban J connectivity index is 1.50. The van der Waals surface area contributed by atoms with Crippen molar-refractivity contribution in [2.75, 3.05) is 108 Å². The van der Waals surface area contributed by atoms with E-state index in [1.165, 1.54) is 28.0 Å². The largest absolute Gasteiger partial charge is 0.379 e. The first-order valence-corrected chi connectivity index (χ1v) is 26.0. The highest BCUT2D eigenvalue weighted by atomic mass is 19.2. The van der Waals surface area contributed by atoms with Crippen LogP contribution >= 0.6 is 0 Å². The number of para-hydroxylation sites is 2. The Hall–Kier alpha value is -4.22. The second kappa shape index (κ2) is 24.7. The molecule has 4 saturated heterocycles. The fourth-order valence-corrected chi connectivity index (χ4v) is 11.8. The van der Waals surface area contributed by atoms with Gasteiger partial charge in [0, 0.05) is 100 Å². The molecule has 4 heterocycles. The molecule has 387 valence electrons. The van der Waals surface area contributed by atoms with Crippen molar-refractivity contribution in [1.82, 2.24) is 19.6 Å². The predicted octanol–water partition coefficient (Wildman–Crippen LogP) is 9.57. The first kappa shape index (κ1) is 53.1. The molecule has 4 aliphatic rings. The van der Waals surface area contributed by atoms with Crippen molar-refractivity contribution >= 4 is 11.4 Å². The van der Waals surface area contributed by atoms with Gasteiger partial charge >= 0.3 is 0 Å². The van der Waals surface area contributed by atoms with Crippen LogP contribution in [-0.4, -0.2) is 148 Å². The quantitative estimate of drug-likeness (QED) is 0.0650. The molecule has 0 spiro atoms. The third-order valence-corrected chi connectivity index (χ3v) is 15.6. The summed E-state index contributed by atoms with van der Waals surface area (Å²) in [4.78, 5) is 11.3. The number of benzene rings is 4. The molecular weight excluding hydrogens is 917 g/mol. The van der Waals surface area contributed by atoms with Crippen LogP contribution in [0.25, 0.3) is 0 Å². The summed E-state index contributed by atoms with van der Waals surface area (Å²) in [5.74, 6) is -7.11. The molecular formula is C56H74F6N7O2. The van der Waals surface area contributed by atoms with E-state index in [-0.39, 0.29) is 55.7 Å². The molecule has 4 fully saturated rings. The Kier molecular flexibility index (Phi) is 18.4. The summed E-state index contributed by atoms with van der Waals surface area (Å²) in [6.07, 6.45) is -0.340. The number of halogens is 6. The summed E-state index contributed by atoms with van der Waals surface area (Å²) in [7, 11) is 0. The number of ether oxygens (including phenoxy) is 2. The van der Waals surface area contributed by atoms with Crippen molar-refractivity contribution in [3.63, 3.8) is 0 Å². The smallest absolute Gasteiger partial charge is 0.255 e. The maximum Gasteiger partial charge on any atom is 0.255 e. The number of anilines is 2. The normalized spacial score (nSPS) is 23.7. The van der Waals surface area contributed by atoms with Gasteiger partial charge in [-0.1, -0.05) is 55.0 Å². The third kappa shape index (κ3) is 11.9. The minimum Gasteiger partial charge on any atom is -0.379 e. The molecule has 2 N–H and O–H groups in total. The van der Waals surface area contributed by atoms with E-state index in [0.29, 0.717) is 96.5 Å². The van der Waals surface area contributed by atoms with Gasteiger partial charge in [-0.05, 0) is 119 Å². The summed E-state index contributed by atoms with van der Waals surface area (Å²) >= 11 is 0. The molecule has 1 radical (unpaired) electrons. The fraction of sp³-hybridized carbons (Fsp3) is 0.554. The van der Waals surface area contributed by atoms with Crippen molar-refractivity contribution in [1.29, 1.82) is 0 Å². The van der Waals surface area contributed by atoms with Crippen LogP contribution in [0.2, 0.25) is 0 Å². The number of alkyl halides is 3. The lowest BCUT2D eigenvalue weighted by atomic mass is 9.63. The monoisotopic (exact) mass is 991 g/mol. The number of piperidine rings is 2. The standard InChI is InChI=1S/C56H74F6N7O2/c1-42-14-9-10-27-66(42)41-51(53(63)50-39-46(58)23-24-52(50)60)55(44-15-11-16-45(57)38-44,68(48-17-5-3-6-18-48)28-12-25-64-30-34-70-35-31-64)56(62,54(61)67-40-47(59)22-21-43(67)2)69(49-19-7-4-8-20-49)29-13-26-65-32-36-71-37-33-65/h3-8,11,15-20,23-24,38-39,42-43,47,51,54H,9-10,12-14,21-22,25-37,40-41,63H2,1-2H3. The highest BCUT2D eigenvalue weighted by molar-refractivity contribution is 5.60. The molecule has 4 aromatic carbocycles. The predicted molar refractivity (Wildman–Crippen MR) is 270 cm³/mol. The van der Waals surface area contributed by atoms with E-state index in [4.69, 9.17) is 15.2 Å². The lowest BCUT2D eigenvalue weighted by molar-refractivity contribution is -0.144. The van der Waals surface area contributed by atoms with Crippen LogP contribution in [0.1, 0.15) is 69.9 Å². The number of nitrogens with zero attached hydrogens (tertiary/aromatic N) is 6. The highest BCUT2D eigenvalue weighted by Crippen LogP contribution is 2.58. The van der Waals surface area contributed by atoms with E-state index in [1.807, 2.05) is 41.3 Å². The molecule has 4 aliphatic heterocycles. The maximum absolute atomic E-state index is 22.3. The molecule has 0 bridgehead atoms. The number of rotatable bonds is 21. The second-order valence-corrected chi connectivity index (χ2v) is 20.1. The van der Waals surface area contributed by atoms with Gasteiger partial charge in [0.25, 0.3) is 5.79 Å². The molecule has 0 aromatic heterocycles. The maximum atomic E-state index is 22.3. The van der Waals surface area contributed by atoms with Gasteiger partial charge in [0.1, 0.15) is 29.2 Å². The summed E-state index contributed by atoms with van der Waals surface area (Å²) in [5, 5.41) is 0. The fourth-order valence-electron chi connectivity index (χ4n) is 11.8. The Bertz CT molecular complexity index is 2240. The van der Waals surface area contributed by atoms with E-state index in [1.54, 1.807) is 37.3 Å². The zero-order chi connectivity index (χ0) is 50.0. The van der Waals surface area contributed by atoms with Gasteiger partial charge in [0.15, 0.2) is 0 Å². The van der Waals surface area contributed by atoms with Gasteiger partial charge in [0.05, 0.1) is 32.5 Å². The average molecular weight is 991 g/mol. The van der Waals surface area contributed by atoms with Crippen LogP contribution in [0.15, 0.2) is 103 Å². The van der Waals surface area contributed by atoms with Gasteiger partial charge in [0.2, 0.25) is 6.30 Å². The van der Waals surface area contributed by atoms with Gasteiger partial charge in [-0.15, -0.1) is 0 Å². The van der Waals surface area contributed by atoms with E-state index in [0.717, 1.165) is 37.5 Å². The van der Waals surface area contributed by atoms with Crippen molar-refractivity contribution in [2.24, 2.45) is 11.7 Å². The molecule has 15 heteroatoms. The van der Waals surface area contributed by atoms with Crippen molar-refractivity contribution in [2.45, 2.75) is 94.7 Å². The minimum absolute atomic E-state index is 0.0443. The Labute approximate surface area is 417 Å². The van der Waals surface area contributed by atoms with Crippen LogP contribution in [0.3, 0.4) is 0 Å². The molecule has 9 nitrogen and oxygen atoms in total. The molecule has 7 atom stereocenters. The van der Waals surface area contributed by atoms with Crippen LogP contribution < -0.4 is 15.5 Å². The van der Waals surface area contributed by atoms with Gasteiger partial charge in [-0.25, -0.2) is 26.3 Å². The van der Waals surface area contributed by atoms with Crippen LogP contribution in [-0.2, 0) is 15.0 Å². The number of nitrogens with two attached hydrogens (primary N) is 1. The van der Waals surface area contributed by atoms with E-state index in [9.17, 15) is 0 Å². The number of hydrogen-bond acceptors (Lipinski definition) is 9. The molecule has 8 rings (SSSR count). The topological polar surface area (TPSA) is 63.9 Å². The lowest BCUT2D eigenvalue weighted by Gasteiger charge is -2.63. The zero-order valence-electron chi connectivity index (χ0n) is 41.6. The Morgan fingerprint density at radius 3 is 1.89 bits per heavy atom. The summed E-state index contributed by atoms with van der Waals surface area (Å²) < 4.78 is 119. The SMILES string of the molecule is CC1CCCCN1CC([C](N)c1cc(F)ccc1F)C(c1cccc(F)c1)(N(CCCN1CCOCC1)c1ccccc1)C(F)(C(F)N1CC(F)CCC1C)N(CCCN1CCOCC1)c1ccccc1. The number of likely N-dealkylation sites (tertiary alicyclic amines) is 2. The molecule has 71 heavy (non-hydrogen) atoms. The lowest BCUT2D eigenvalue weighted by Crippen LogP contribution is -2.78. The first-order valence-electron chi connectivity index (χ1n) is 26.0. The highest BCUT2D eigenvalue weighted by Gasteiger charge is 2.71. The van der Waals surface area contributed by atoms with E-state index < -0.39 is 59.8 Å². The molecule has 0 aliphatic carbocycles. The molecule has 7 unspecified atom stereocenters. The van der Waals surface area contributed by atoms with E-state index >= 15 is 26.3 Å². The minimum atomic E-state index is -3.34. The van der Waals surface area contributed by atoms with Crippen LogP contribution in [0, 0.1) is 29.4 Å². The first-order chi connectivity index (χ1) is 34.4. The van der Waals surface area contributed by atoms with Crippen LogP contribution in [0.5, 0.6) is 0 Å². The summed E-state index contributed by atoms with van der Waals surface area (Å²) in [6, 6.07) is 25.8. The number of hydrogen-bond donors (Lipinski definition) is 1. The zero-order valence-corrected chi connectivity index (χ0v) is 41.6. The van der Waals surface area contributed by atoms with Crippen LogP contribution in [0.4, 0.5) is 37.7 Å². The van der Waals surface area contributed by atoms with Gasteiger partial charge in [-0.3, -0.25) is 14.7 Å². The second-order valence-electron chi connectivity index (χ2n) is 20.1. The molecule has 0 amide bonds. The number of morpholine rings is 2. The Morgan fingerprint density at radius 1 is 0.690 bits per heavy atom. The van der Waals surface area contributed by atoms with E-state index in [2.05, 4.69) is 21.6 Å². The molecule has 0 saturated carbocycles. The molecule has 4 aromatic rings. The van der Waals surface area contributed by atoms with Gasteiger partial charge in [-0.2, -0.15) is 0 Å². The van der Waals surface area contributed by atoms with Crippen molar-refractivity contribution < 1.29 is 35.8 Å². The van der Waals surface area contributed by atoms with Crippen molar-refractivity contribution in [3.05, 3.63) is 138 Å². The van der Waals surface area contributed by atoms with Crippen molar-refractivity contribution in [3.8, 4) is 0 Å². The van der Waals surface area contributed by atoms with Gasteiger partial charge < -0.3 is 29.9 Å².